The van der Waals surface area contributed by atoms with Crippen LogP contribution in [0.15, 0.2) is 36.7 Å². The molecule has 0 saturated heterocycles. The fourth-order valence-corrected chi connectivity index (χ4v) is 2.02. The molecule has 20 heavy (non-hydrogen) atoms. The van der Waals surface area contributed by atoms with Gasteiger partial charge in [-0.05, 0) is 12.5 Å². The van der Waals surface area contributed by atoms with Crippen molar-refractivity contribution in [3.63, 3.8) is 0 Å². The number of nitriles is 1. The molecule has 0 aliphatic carbocycles. The first-order valence-electron chi connectivity index (χ1n) is 6.55. The smallest absolute Gasteiger partial charge is 0.182 e. The summed E-state index contributed by atoms with van der Waals surface area (Å²) in [5.41, 5.74) is 2.77. The Labute approximate surface area is 119 Å². The van der Waals surface area contributed by atoms with Crippen molar-refractivity contribution in [2.24, 2.45) is 0 Å². The van der Waals surface area contributed by atoms with Crippen LogP contribution in [0.3, 0.4) is 0 Å². The Bertz CT molecular complexity index is 641. The second-order valence-electron chi connectivity index (χ2n) is 5.47. The van der Waals surface area contributed by atoms with Crippen LogP contribution in [0.25, 0.3) is 0 Å². The second-order valence-corrected chi connectivity index (χ2v) is 5.47. The lowest BCUT2D eigenvalue weighted by atomic mass is 9.84. The molecule has 0 aliphatic heterocycles. The summed E-state index contributed by atoms with van der Waals surface area (Å²) in [5.74, 6) is 0.538. The molecule has 102 valence electrons. The van der Waals surface area contributed by atoms with E-state index in [1.165, 1.54) is 17.3 Å². The summed E-state index contributed by atoms with van der Waals surface area (Å²) in [6, 6.07) is 10.5. The van der Waals surface area contributed by atoms with Crippen LogP contribution in [-0.2, 0) is 5.41 Å². The molecule has 0 amide bonds. The molecule has 0 spiro atoms. The number of nitrogens with one attached hydrogen (secondary N) is 1. The monoisotopic (exact) mass is 266 g/mol. The van der Waals surface area contributed by atoms with E-state index >= 15 is 0 Å². The predicted molar refractivity (Wildman–Crippen MR) is 79.4 cm³/mol. The average Bonchev–Trinajstić information content (AvgIpc) is 2.45. The van der Waals surface area contributed by atoms with Crippen molar-refractivity contribution in [3.8, 4) is 6.07 Å². The summed E-state index contributed by atoms with van der Waals surface area (Å²) < 4.78 is 0. The highest BCUT2D eigenvalue weighted by Crippen LogP contribution is 2.24. The zero-order valence-electron chi connectivity index (χ0n) is 12.0. The van der Waals surface area contributed by atoms with E-state index in [-0.39, 0.29) is 5.41 Å². The van der Waals surface area contributed by atoms with Crippen molar-refractivity contribution in [1.29, 1.82) is 5.26 Å². The molecule has 0 fully saturated rings. The van der Waals surface area contributed by atoms with Crippen LogP contribution in [-0.4, -0.2) is 16.5 Å². The zero-order valence-corrected chi connectivity index (χ0v) is 12.0. The van der Waals surface area contributed by atoms with Crippen LogP contribution in [0.2, 0.25) is 0 Å². The van der Waals surface area contributed by atoms with Crippen molar-refractivity contribution in [2.45, 2.75) is 26.2 Å². The van der Waals surface area contributed by atoms with Crippen LogP contribution < -0.4 is 5.32 Å². The molecule has 0 atom stereocenters. The molecule has 2 rings (SSSR count). The van der Waals surface area contributed by atoms with Gasteiger partial charge in [0.25, 0.3) is 0 Å². The number of hydrogen-bond acceptors (Lipinski definition) is 4. The first kappa shape index (κ1) is 14.0. The number of hydrogen-bond donors (Lipinski definition) is 1. The molecular weight excluding hydrogens is 248 g/mol. The molecule has 0 saturated carbocycles. The van der Waals surface area contributed by atoms with Gasteiger partial charge in [0.15, 0.2) is 11.5 Å². The largest absolute Gasteiger partial charge is 0.367 e. The van der Waals surface area contributed by atoms with Crippen LogP contribution in [0.1, 0.15) is 30.7 Å². The lowest BCUT2D eigenvalue weighted by Crippen LogP contribution is -2.28. The first-order chi connectivity index (χ1) is 9.53. The number of anilines is 1. The Morgan fingerprint density at radius 1 is 1.25 bits per heavy atom. The molecule has 2 aromatic rings. The summed E-state index contributed by atoms with van der Waals surface area (Å²) >= 11 is 0. The minimum atomic E-state index is -0.0593. The van der Waals surface area contributed by atoms with Gasteiger partial charge in [0.05, 0.1) is 0 Å². The van der Waals surface area contributed by atoms with Gasteiger partial charge in [-0.1, -0.05) is 43.7 Å². The molecule has 1 N–H and O–H groups in total. The van der Waals surface area contributed by atoms with Gasteiger partial charge >= 0.3 is 0 Å². The Balaban J connectivity index is 2.15. The third kappa shape index (κ3) is 3.12. The molecule has 4 nitrogen and oxygen atoms in total. The predicted octanol–water partition coefficient (Wildman–Crippen LogP) is 3.05. The van der Waals surface area contributed by atoms with E-state index in [4.69, 9.17) is 5.26 Å². The van der Waals surface area contributed by atoms with Crippen LogP contribution in [0, 0.1) is 18.3 Å². The van der Waals surface area contributed by atoms with Gasteiger partial charge in [0.2, 0.25) is 0 Å². The maximum Gasteiger partial charge on any atom is 0.182 e. The van der Waals surface area contributed by atoms with Gasteiger partial charge in [0.1, 0.15) is 6.07 Å². The molecular formula is C16H18N4. The van der Waals surface area contributed by atoms with Crippen LogP contribution in [0.5, 0.6) is 0 Å². The highest BCUT2D eigenvalue weighted by atomic mass is 15.0. The van der Waals surface area contributed by atoms with Gasteiger partial charge in [0, 0.05) is 24.4 Å². The van der Waals surface area contributed by atoms with Crippen molar-refractivity contribution in [1.82, 2.24) is 9.97 Å². The summed E-state index contributed by atoms with van der Waals surface area (Å²) in [4.78, 5) is 8.17. The standard InChI is InChI=1S/C16H18N4/c1-12-5-4-6-13(9-12)16(2,3)11-20-15-14(10-17)18-7-8-19-15/h4-9H,11H2,1-3H3,(H,19,20). The molecule has 1 aromatic heterocycles. The average molecular weight is 266 g/mol. The molecule has 1 aromatic carbocycles. The number of aryl methyl sites for hydroxylation is 1. The minimum Gasteiger partial charge on any atom is -0.367 e. The highest BCUT2D eigenvalue weighted by molar-refractivity contribution is 5.47. The third-order valence-electron chi connectivity index (χ3n) is 3.30. The first-order valence-corrected chi connectivity index (χ1v) is 6.55. The van der Waals surface area contributed by atoms with Crippen molar-refractivity contribution < 1.29 is 0 Å². The summed E-state index contributed by atoms with van der Waals surface area (Å²) in [7, 11) is 0. The van der Waals surface area contributed by atoms with Crippen molar-refractivity contribution in [3.05, 3.63) is 53.5 Å². The van der Waals surface area contributed by atoms with E-state index < -0.39 is 0 Å². The fraction of sp³-hybridized carbons (Fsp3) is 0.312. The lowest BCUT2D eigenvalue weighted by Gasteiger charge is -2.26. The fourth-order valence-electron chi connectivity index (χ4n) is 2.02. The van der Waals surface area contributed by atoms with Crippen molar-refractivity contribution in [2.75, 3.05) is 11.9 Å². The molecule has 0 radical (unpaired) electrons. The Kier molecular flexibility index (Phi) is 3.99. The summed E-state index contributed by atoms with van der Waals surface area (Å²) in [6.45, 7) is 7.10. The Hall–Kier alpha value is -2.41. The number of nitrogens with zero attached hydrogens (tertiary/aromatic N) is 3. The maximum absolute atomic E-state index is 9.01. The van der Waals surface area contributed by atoms with Crippen molar-refractivity contribution >= 4 is 5.82 Å². The van der Waals surface area contributed by atoms with E-state index in [1.807, 2.05) is 6.07 Å². The number of rotatable bonds is 4. The van der Waals surface area contributed by atoms with Gasteiger partial charge in [-0.25, -0.2) is 9.97 Å². The van der Waals surface area contributed by atoms with Crippen LogP contribution >= 0.6 is 0 Å². The third-order valence-corrected chi connectivity index (χ3v) is 3.30. The molecule has 1 heterocycles. The summed E-state index contributed by atoms with van der Waals surface area (Å²) in [6.07, 6.45) is 3.11. The van der Waals surface area contributed by atoms with Gasteiger partial charge < -0.3 is 5.32 Å². The van der Waals surface area contributed by atoms with Gasteiger partial charge in [-0.2, -0.15) is 5.26 Å². The van der Waals surface area contributed by atoms with E-state index in [9.17, 15) is 0 Å². The number of aromatic nitrogens is 2. The van der Waals surface area contributed by atoms with E-state index in [0.29, 0.717) is 18.1 Å². The summed E-state index contributed by atoms with van der Waals surface area (Å²) in [5, 5.41) is 12.2. The Morgan fingerprint density at radius 2 is 2.00 bits per heavy atom. The van der Waals surface area contributed by atoms with E-state index in [0.717, 1.165) is 0 Å². The SMILES string of the molecule is Cc1cccc(C(C)(C)CNc2nccnc2C#N)c1. The zero-order chi connectivity index (χ0) is 14.6. The molecule has 4 heteroatoms. The normalized spacial score (nSPS) is 10.9. The number of benzene rings is 1. The quantitative estimate of drug-likeness (QED) is 0.924. The second kappa shape index (κ2) is 5.70. The van der Waals surface area contributed by atoms with Gasteiger partial charge in [-0.15, -0.1) is 0 Å². The molecule has 0 unspecified atom stereocenters. The van der Waals surface area contributed by atoms with E-state index in [2.05, 4.69) is 60.3 Å². The Morgan fingerprint density at radius 3 is 2.70 bits per heavy atom. The maximum atomic E-state index is 9.01. The topological polar surface area (TPSA) is 61.6 Å². The highest BCUT2D eigenvalue weighted by Gasteiger charge is 2.21. The van der Waals surface area contributed by atoms with Gasteiger partial charge in [-0.3, -0.25) is 0 Å². The van der Waals surface area contributed by atoms with E-state index in [1.54, 1.807) is 6.20 Å². The molecule has 0 aliphatic rings. The molecule has 0 bridgehead atoms. The lowest BCUT2D eigenvalue weighted by molar-refractivity contribution is 0.555. The minimum absolute atomic E-state index is 0.0593. The van der Waals surface area contributed by atoms with Crippen LogP contribution in [0.4, 0.5) is 5.82 Å².